The summed E-state index contributed by atoms with van der Waals surface area (Å²) in [5.41, 5.74) is 0.324. The van der Waals surface area contributed by atoms with Crippen LogP contribution in [0.5, 0.6) is 5.75 Å². The van der Waals surface area contributed by atoms with Crippen LogP contribution in [0.25, 0.3) is 0 Å². The molecular weight excluding hydrogens is 359 g/mol. The normalized spacial score (nSPS) is 10.6. The number of non-ortho nitro benzene ring substituents is 1. The third-order valence-corrected chi connectivity index (χ3v) is 3.21. The van der Waals surface area contributed by atoms with E-state index in [1.165, 1.54) is 36.5 Å². The second-order valence-corrected chi connectivity index (χ2v) is 5.26. The lowest BCUT2D eigenvalue weighted by atomic mass is 10.2. The molecule has 0 aliphatic rings. The van der Waals surface area contributed by atoms with E-state index in [1.807, 2.05) is 0 Å². The number of carbonyl (C=O) groups is 1. The van der Waals surface area contributed by atoms with Crippen molar-refractivity contribution in [2.75, 3.05) is 6.61 Å². The second kappa shape index (κ2) is 8.28. The number of halogens is 2. The molecule has 0 unspecified atom stereocenters. The Balaban J connectivity index is 1.86. The highest BCUT2D eigenvalue weighted by Crippen LogP contribution is 2.27. The first-order valence-electron chi connectivity index (χ1n) is 6.51. The number of nitro groups is 1. The van der Waals surface area contributed by atoms with Crippen LogP contribution in [-0.4, -0.2) is 23.7 Å². The first-order chi connectivity index (χ1) is 11.5. The maximum absolute atomic E-state index is 11.5. The molecule has 0 fully saturated rings. The monoisotopic (exact) mass is 368 g/mol. The maximum atomic E-state index is 11.5. The van der Waals surface area contributed by atoms with E-state index in [-0.39, 0.29) is 16.5 Å². The lowest BCUT2D eigenvalue weighted by Crippen LogP contribution is -2.12. The fourth-order valence-electron chi connectivity index (χ4n) is 1.62. The van der Waals surface area contributed by atoms with Crippen LogP contribution in [0, 0.1) is 10.1 Å². The number of hydrogen-bond donors (Lipinski definition) is 0. The van der Waals surface area contributed by atoms with Gasteiger partial charge in [0.25, 0.3) is 5.69 Å². The summed E-state index contributed by atoms with van der Waals surface area (Å²) in [5, 5.41) is 14.8. The highest BCUT2D eigenvalue weighted by Gasteiger charge is 2.08. The van der Waals surface area contributed by atoms with Crippen LogP contribution in [0.4, 0.5) is 5.69 Å². The number of benzene rings is 2. The fraction of sp³-hybridized carbons (Fsp3) is 0.0667. The van der Waals surface area contributed by atoms with Crippen molar-refractivity contribution < 1.29 is 19.3 Å². The average molecular weight is 369 g/mol. The molecule has 0 spiro atoms. The van der Waals surface area contributed by atoms with Gasteiger partial charge in [-0.3, -0.25) is 10.1 Å². The predicted octanol–water partition coefficient (Wildman–Crippen LogP) is 3.86. The molecule has 0 atom stereocenters. The molecule has 0 aliphatic carbocycles. The molecule has 0 N–H and O–H groups in total. The molecule has 124 valence electrons. The SMILES string of the molecule is O=C(COc1ccc(Cl)cc1Cl)O/N=C/c1cccc([N+](=O)[O-])c1. The van der Waals surface area contributed by atoms with Gasteiger partial charge in [-0.15, -0.1) is 0 Å². The molecule has 0 saturated heterocycles. The molecule has 2 aromatic rings. The minimum absolute atomic E-state index is 0.0917. The van der Waals surface area contributed by atoms with Gasteiger partial charge in [0.2, 0.25) is 0 Å². The number of nitrogens with zero attached hydrogens (tertiary/aromatic N) is 2. The fourth-order valence-corrected chi connectivity index (χ4v) is 2.08. The molecule has 2 aromatic carbocycles. The molecule has 0 bridgehead atoms. The molecule has 0 aromatic heterocycles. The Morgan fingerprint density at radius 3 is 2.75 bits per heavy atom. The summed E-state index contributed by atoms with van der Waals surface area (Å²) < 4.78 is 5.18. The standard InChI is InChI=1S/C15H10Cl2N2O5/c16-11-4-5-14(13(17)7-11)23-9-15(20)24-18-8-10-2-1-3-12(6-10)19(21)22/h1-8H,9H2/b18-8+. The van der Waals surface area contributed by atoms with E-state index in [0.717, 1.165) is 0 Å². The van der Waals surface area contributed by atoms with Crippen molar-refractivity contribution in [3.63, 3.8) is 0 Å². The zero-order valence-electron chi connectivity index (χ0n) is 12.0. The third kappa shape index (κ3) is 5.22. The Bertz CT molecular complexity index is 795. The molecular formula is C15H10Cl2N2O5. The molecule has 2 rings (SSSR count). The van der Waals surface area contributed by atoms with Gasteiger partial charge in [-0.1, -0.05) is 40.5 Å². The highest BCUT2D eigenvalue weighted by molar-refractivity contribution is 6.35. The van der Waals surface area contributed by atoms with Gasteiger partial charge in [-0.25, -0.2) is 4.79 Å². The Hall–Kier alpha value is -2.64. The minimum atomic E-state index is -0.761. The van der Waals surface area contributed by atoms with E-state index in [1.54, 1.807) is 12.1 Å². The summed E-state index contributed by atoms with van der Waals surface area (Å²) in [4.78, 5) is 26.2. The van der Waals surface area contributed by atoms with Crippen molar-refractivity contribution >= 4 is 41.1 Å². The summed E-state index contributed by atoms with van der Waals surface area (Å²) in [6.45, 7) is -0.409. The van der Waals surface area contributed by atoms with Crippen LogP contribution < -0.4 is 4.74 Å². The van der Waals surface area contributed by atoms with E-state index in [0.29, 0.717) is 10.6 Å². The van der Waals surface area contributed by atoms with Crippen LogP contribution in [0.3, 0.4) is 0 Å². The van der Waals surface area contributed by atoms with E-state index in [9.17, 15) is 14.9 Å². The van der Waals surface area contributed by atoms with E-state index < -0.39 is 17.5 Å². The smallest absolute Gasteiger partial charge is 0.372 e. The van der Waals surface area contributed by atoms with Crippen molar-refractivity contribution in [1.29, 1.82) is 0 Å². The number of rotatable bonds is 6. The van der Waals surface area contributed by atoms with Gasteiger partial charge in [-0.2, -0.15) is 0 Å². The zero-order valence-corrected chi connectivity index (χ0v) is 13.5. The molecule has 0 radical (unpaired) electrons. The first kappa shape index (κ1) is 17.7. The van der Waals surface area contributed by atoms with Crippen LogP contribution >= 0.6 is 23.2 Å². The largest absolute Gasteiger partial charge is 0.480 e. The van der Waals surface area contributed by atoms with Gasteiger partial charge in [0.05, 0.1) is 16.2 Å². The Labute approximate surface area is 146 Å². The summed E-state index contributed by atoms with van der Waals surface area (Å²) >= 11 is 11.6. The number of ether oxygens (including phenoxy) is 1. The third-order valence-electron chi connectivity index (χ3n) is 2.68. The molecule has 0 saturated carbocycles. The molecule has 0 amide bonds. The maximum Gasteiger partial charge on any atom is 0.372 e. The highest BCUT2D eigenvalue weighted by atomic mass is 35.5. The topological polar surface area (TPSA) is 91.0 Å². The van der Waals surface area contributed by atoms with Crippen LogP contribution in [0.15, 0.2) is 47.6 Å². The number of nitro benzene ring substituents is 1. The van der Waals surface area contributed by atoms with Gasteiger partial charge in [0.1, 0.15) is 5.75 Å². The van der Waals surface area contributed by atoms with E-state index in [4.69, 9.17) is 27.9 Å². The Morgan fingerprint density at radius 1 is 1.25 bits per heavy atom. The molecule has 0 heterocycles. The summed E-state index contributed by atoms with van der Waals surface area (Å²) in [5.74, 6) is -0.483. The molecule has 9 heteroatoms. The van der Waals surface area contributed by atoms with Crippen molar-refractivity contribution in [3.8, 4) is 5.75 Å². The van der Waals surface area contributed by atoms with Crippen molar-refractivity contribution in [1.82, 2.24) is 0 Å². The number of hydrogen-bond acceptors (Lipinski definition) is 6. The molecule has 7 nitrogen and oxygen atoms in total. The van der Waals surface area contributed by atoms with Gasteiger partial charge >= 0.3 is 5.97 Å². The van der Waals surface area contributed by atoms with E-state index >= 15 is 0 Å². The molecule has 24 heavy (non-hydrogen) atoms. The number of oxime groups is 1. The summed E-state index contributed by atoms with van der Waals surface area (Å²) in [7, 11) is 0. The van der Waals surface area contributed by atoms with Crippen molar-refractivity contribution in [2.45, 2.75) is 0 Å². The quantitative estimate of drug-likeness (QED) is 0.334. The van der Waals surface area contributed by atoms with Crippen molar-refractivity contribution in [3.05, 3.63) is 68.2 Å². The van der Waals surface area contributed by atoms with E-state index in [2.05, 4.69) is 9.99 Å². The lowest BCUT2D eigenvalue weighted by molar-refractivity contribution is -0.384. The predicted molar refractivity (Wildman–Crippen MR) is 88.7 cm³/mol. The zero-order chi connectivity index (χ0) is 17.5. The Kier molecular flexibility index (Phi) is 6.11. The lowest BCUT2D eigenvalue weighted by Gasteiger charge is -2.06. The summed E-state index contributed by atoms with van der Waals surface area (Å²) in [6.07, 6.45) is 1.18. The van der Waals surface area contributed by atoms with Gasteiger partial charge in [0.15, 0.2) is 6.61 Å². The number of carbonyl (C=O) groups excluding carboxylic acids is 1. The van der Waals surface area contributed by atoms with Crippen LogP contribution in [0.1, 0.15) is 5.56 Å². The van der Waals surface area contributed by atoms with Crippen molar-refractivity contribution in [2.24, 2.45) is 5.16 Å². The van der Waals surface area contributed by atoms with Crippen LogP contribution in [0.2, 0.25) is 10.0 Å². The molecule has 0 aliphatic heterocycles. The summed E-state index contributed by atoms with van der Waals surface area (Å²) in [6, 6.07) is 10.3. The first-order valence-corrected chi connectivity index (χ1v) is 7.27. The van der Waals surface area contributed by atoms with Gasteiger partial charge in [-0.05, 0) is 18.2 Å². The second-order valence-electron chi connectivity index (χ2n) is 4.41. The van der Waals surface area contributed by atoms with Gasteiger partial charge in [0, 0.05) is 22.7 Å². The Morgan fingerprint density at radius 2 is 2.04 bits per heavy atom. The minimum Gasteiger partial charge on any atom is -0.480 e. The van der Waals surface area contributed by atoms with Crippen LogP contribution in [-0.2, 0) is 9.63 Å². The average Bonchev–Trinajstić information content (AvgIpc) is 2.54. The van der Waals surface area contributed by atoms with Gasteiger partial charge < -0.3 is 9.57 Å².